The van der Waals surface area contributed by atoms with E-state index >= 15 is 0 Å². The van der Waals surface area contributed by atoms with Gasteiger partial charge in [-0.1, -0.05) is 0 Å². The standard InChI is InChI=1S/C16H9N3O2/c17-7-8-19-13(10-18)3-4-14(19)11-1-5-15-12(9-11)2-6-16(20)21-15/h1-6,9H,8H2. The molecule has 0 unspecified atom stereocenters. The molecule has 3 aromatic rings. The third-order valence-corrected chi connectivity index (χ3v) is 3.24. The monoisotopic (exact) mass is 275 g/mol. The minimum absolute atomic E-state index is 0.104. The maximum atomic E-state index is 11.2. The quantitative estimate of drug-likeness (QED) is 0.673. The van der Waals surface area contributed by atoms with E-state index in [0.29, 0.717) is 11.3 Å². The lowest BCUT2D eigenvalue weighted by molar-refractivity contribution is 0.561. The Hall–Kier alpha value is -3.31. The largest absolute Gasteiger partial charge is 0.423 e. The molecule has 0 amide bonds. The second-order valence-electron chi connectivity index (χ2n) is 4.47. The lowest BCUT2D eigenvalue weighted by atomic mass is 10.1. The molecule has 0 saturated carbocycles. The summed E-state index contributed by atoms with van der Waals surface area (Å²) in [6.45, 7) is 0.104. The molecule has 2 heterocycles. The highest BCUT2D eigenvalue weighted by Crippen LogP contribution is 2.25. The molecule has 0 bridgehead atoms. The van der Waals surface area contributed by atoms with Crippen LogP contribution < -0.4 is 5.63 Å². The highest BCUT2D eigenvalue weighted by atomic mass is 16.4. The molecule has 0 aliphatic rings. The van der Waals surface area contributed by atoms with Crippen molar-refractivity contribution in [2.75, 3.05) is 0 Å². The topological polar surface area (TPSA) is 82.7 Å². The number of fused-ring (bicyclic) bond motifs is 1. The highest BCUT2D eigenvalue weighted by molar-refractivity contribution is 5.82. The van der Waals surface area contributed by atoms with Crippen LogP contribution in [0.3, 0.4) is 0 Å². The lowest BCUT2D eigenvalue weighted by Gasteiger charge is -2.07. The summed E-state index contributed by atoms with van der Waals surface area (Å²) < 4.78 is 6.74. The molecule has 0 radical (unpaired) electrons. The fourth-order valence-electron chi connectivity index (χ4n) is 2.29. The Morgan fingerprint density at radius 3 is 2.71 bits per heavy atom. The molecule has 0 N–H and O–H groups in total. The van der Waals surface area contributed by atoms with Gasteiger partial charge in [0.1, 0.15) is 23.9 Å². The molecule has 100 valence electrons. The first-order chi connectivity index (χ1) is 10.2. The molecular formula is C16H9N3O2. The van der Waals surface area contributed by atoms with Crippen LogP contribution in [0.1, 0.15) is 5.69 Å². The van der Waals surface area contributed by atoms with Gasteiger partial charge in [-0.25, -0.2) is 4.79 Å². The average molecular weight is 275 g/mol. The number of benzene rings is 1. The van der Waals surface area contributed by atoms with Crippen molar-refractivity contribution in [1.82, 2.24) is 4.57 Å². The van der Waals surface area contributed by atoms with Gasteiger partial charge in [-0.15, -0.1) is 0 Å². The Balaban J connectivity index is 2.19. The summed E-state index contributed by atoms with van der Waals surface area (Å²) in [5.74, 6) is 0. The van der Waals surface area contributed by atoms with Crippen molar-refractivity contribution in [3.05, 3.63) is 58.6 Å². The van der Waals surface area contributed by atoms with Crippen molar-refractivity contribution in [2.45, 2.75) is 6.54 Å². The Labute approximate surface area is 119 Å². The SMILES string of the molecule is N#CCn1c(C#N)ccc1-c1ccc2oc(=O)ccc2c1. The normalized spacial score (nSPS) is 10.2. The van der Waals surface area contributed by atoms with E-state index in [-0.39, 0.29) is 6.54 Å². The third kappa shape index (κ3) is 2.18. The van der Waals surface area contributed by atoms with Crippen molar-refractivity contribution < 1.29 is 4.42 Å². The van der Waals surface area contributed by atoms with Crippen molar-refractivity contribution in [3.8, 4) is 23.4 Å². The van der Waals surface area contributed by atoms with Crippen molar-refractivity contribution >= 4 is 11.0 Å². The van der Waals surface area contributed by atoms with Crippen LogP contribution in [-0.2, 0) is 6.54 Å². The minimum atomic E-state index is -0.394. The van der Waals surface area contributed by atoms with Gasteiger partial charge in [0.15, 0.2) is 0 Å². The molecule has 0 spiro atoms. The summed E-state index contributed by atoms with van der Waals surface area (Å²) in [5, 5.41) is 18.8. The number of aromatic nitrogens is 1. The van der Waals surface area contributed by atoms with Gasteiger partial charge in [-0.3, -0.25) is 0 Å². The van der Waals surface area contributed by atoms with E-state index in [4.69, 9.17) is 14.9 Å². The fraction of sp³-hybridized carbons (Fsp3) is 0.0625. The smallest absolute Gasteiger partial charge is 0.336 e. The first-order valence-electron chi connectivity index (χ1n) is 6.24. The Bertz CT molecular complexity index is 968. The molecule has 0 atom stereocenters. The lowest BCUT2D eigenvalue weighted by Crippen LogP contribution is -2.01. The summed E-state index contributed by atoms with van der Waals surface area (Å²) in [6, 6.07) is 16.0. The highest BCUT2D eigenvalue weighted by Gasteiger charge is 2.10. The van der Waals surface area contributed by atoms with E-state index in [1.807, 2.05) is 6.07 Å². The van der Waals surface area contributed by atoms with Gasteiger partial charge in [0.05, 0.1) is 11.8 Å². The summed E-state index contributed by atoms with van der Waals surface area (Å²) in [6.07, 6.45) is 0. The van der Waals surface area contributed by atoms with Gasteiger partial charge >= 0.3 is 5.63 Å². The van der Waals surface area contributed by atoms with Crippen LogP contribution in [-0.4, -0.2) is 4.57 Å². The number of nitriles is 2. The van der Waals surface area contributed by atoms with E-state index in [0.717, 1.165) is 16.6 Å². The zero-order valence-corrected chi connectivity index (χ0v) is 10.9. The van der Waals surface area contributed by atoms with Gasteiger partial charge in [0, 0.05) is 11.5 Å². The van der Waals surface area contributed by atoms with Crippen LogP contribution in [0, 0.1) is 22.7 Å². The maximum absolute atomic E-state index is 11.2. The summed E-state index contributed by atoms with van der Waals surface area (Å²) in [4.78, 5) is 11.2. The molecule has 0 aliphatic carbocycles. The van der Waals surface area contributed by atoms with Gasteiger partial charge in [-0.05, 0) is 42.0 Å². The van der Waals surface area contributed by atoms with E-state index in [1.165, 1.54) is 6.07 Å². The third-order valence-electron chi connectivity index (χ3n) is 3.24. The summed E-state index contributed by atoms with van der Waals surface area (Å²) in [7, 11) is 0. The number of hydrogen-bond donors (Lipinski definition) is 0. The molecule has 2 aromatic heterocycles. The fourth-order valence-corrected chi connectivity index (χ4v) is 2.29. The van der Waals surface area contributed by atoms with Gasteiger partial charge in [0.2, 0.25) is 0 Å². The Kier molecular flexibility index (Phi) is 3.02. The van der Waals surface area contributed by atoms with Crippen molar-refractivity contribution in [3.63, 3.8) is 0 Å². The minimum Gasteiger partial charge on any atom is -0.423 e. The van der Waals surface area contributed by atoms with E-state index in [1.54, 1.807) is 34.9 Å². The second-order valence-corrected chi connectivity index (χ2v) is 4.47. The first kappa shape index (κ1) is 12.7. The van der Waals surface area contributed by atoms with Crippen LogP contribution in [0.25, 0.3) is 22.2 Å². The molecule has 0 saturated heterocycles. The van der Waals surface area contributed by atoms with Crippen LogP contribution in [0.5, 0.6) is 0 Å². The van der Waals surface area contributed by atoms with E-state index < -0.39 is 5.63 Å². The van der Waals surface area contributed by atoms with Crippen LogP contribution in [0.2, 0.25) is 0 Å². The molecule has 3 rings (SSSR count). The Morgan fingerprint density at radius 1 is 1.10 bits per heavy atom. The van der Waals surface area contributed by atoms with Gasteiger partial charge in [0.25, 0.3) is 0 Å². The molecule has 5 heteroatoms. The Morgan fingerprint density at radius 2 is 1.95 bits per heavy atom. The predicted octanol–water partition coefficient (Wildman–Crippen LogP) is 2.66. The van der Waals surface area contributed by atoms with Gasteiger partial charge < -0.3 is 8.98 Å². The molecular weight excluding hydrogens is 266 g/mol. The van der Waals surface area contributed by atoms with E-state index in [2.05, 4.69) is 12.1 Å². The summed E-state index contributed by atoms with van der Waals surface area (Å²) in [5.41, 5.74) is 2.18. The van der Waals surface area contributed by atoms with Crippen molar-refractivity contribution in [1.29, 1.82) is 10.5 Å². The van der Waals surface area contributed by atoms with Crippen LogP contribution in [0.4, 0.5) is 0 Å². The molecule has 21 heavy (non-hydrogen) atoms. The summed E-state index contributed by atoms with van der Waals surface area (Å²) >= 11 is 0. The van der Waals surface area contributed by atoms with Gasteiger partial charge in [-0.2, -0.15) is 10.5 Å². The van der Waals surface area contributed by atoms with Crippen molar-refractivity contribution in [2.24, 2.45) is 0 Å². The molecule has 1 aromatic carbocycles. The predicted molar refractivity (Wildman–Crippen MR) is 76.2 cm³/mol. The van der Waals surface area contributed by atoms with E-state index in [9.17, 15) is 4.79 Å². The average Bonchev–Trinajstić information content (AvgIpc) is 2.90. The maximum Gasteiger partial charge on any atom is 0.336 e. The number of nitrogens with zero attached hydrogens (tertiary/aromatic N) is 3. The van der Waals surface area contributed by atoms with Crippen LogP contribution in [0.15, 0.2) is 51.7 Å². The number of rotatable bonds is 2. The molecule has 5 nitrogen and oxygen atoms in total. The zero-order valence-electron chi connectivity index (χ0n) is 10.9. The molecule has 0 fully saturated rings. The molecule has 0 aliphatic heterocycles. The van der Waals surface area contributed by atoms with Crippen LogP contribution >= 0.6 is 0 Å². The number of hydrogen-bond acceptors (Lipinski definition) is 4. The second kappa shape index (κ2) is 4.99. The first-order valence-corrected chi connectivity index (χ1v) is 6.24. The zero-order chi connectivity index (χ0) is 14.8.